The first-order valence-corrected chi connectivity index (χ1v) is 4.43. The Morgan fingerprint density at radius 3 is 3.07 bits per heavy atom. The van der Waals surface area contributed by atoms with Crippen LogP contribution in [0.5, 0.6) is 0 Å². The van der Waals surface area contributed by atoms with Gasteiger partial charge in [0, 0.05) is 10.9 Å². The quantitative estimate of drug-likeness (QED) is 0.711. The van der Waals surface area contributed by atoms with Crippen LogP contribution in [0, 0.1) is 5.82 Å². The minimum absolute atomic E-state index is 0.0902. The van der Waals surface area contributed by atoms with Crippen LogP contribution in [0.1, 0.15) is 5.56 Å². The van der Waals surface area contributed by atoms with E-state index in [4.69, 9.17) is 4.42 Å². The van der Waals surface area contributed by atoms with Crippen LogP contribution in [-0.4, -0.2) is 13.1 Å². The molecule has 0 saturated heterocycles. The molecule has 0 aliphatic heterocycles. The number of benzene rings is 1. The third-order valence-electron chi connectivity index (χ3n) is 2.18. The van der Waals surface area contributed by atoms with Gasteiger partial charge in [0.1, 0.15) is 11.4 Å². The Morgan fingerprint density at radius 2 is 2.33 bits per heavy atom. The normalized spacial score (nSPS) is 10.5. The highest BCUT2D eigenvalue weighted by Crippen LogP contribution is 2.22. The van der Waals surface area contributed by atoms with Gasteiger partial charge in [0.2, 0.25) is 0 Å². The Balaban J connectivity index is 2.43. The Labute approximate surface area is 85.4 Å². The number of rotatable bonds is 2. The molecular weight excluding hydrogens is 199 g/mol. The second-order valence-corrected chi connectivity index (χ2v) is 3.15. The molecule has 4 heteroatoms. The molecule has 0 fully saturated rings. The van der Waals surface area contributed by atoms with E-state index in [0.717, 1.165) is 0 Å². The number of carbonyl (C=O) groups excluding carboxylic acids is 1. The first-order chi connectivity index (χ1) is 7.20. The number of hydrogen-bond acceptors (Lipinski definition) is 3. The van der Waals surface area contributed by atoms with Gasteiger partial charge in [-0.1, -0.05) is 0 Å². The number of halogens is 1. The molecule has 0 saturated carbocycles. The molecule has 1 aromatic heterocycles. The van der Waals surface area contributed by atoms with E-state index in [2.05, 4.69) is 4.74 Å². The van der Waals surface area contributed by atoms with Crippen LogP contribution >= 0.6 is 0 Å². The summed E-state index contributed by atoms with van der Waals surface area (Å²) in [4.78, 5) is 11.1. The summed E-state index contributed by atoms with van der Waals surface area (Å²) >= 11 is 0. The zero-order chi connectivity index (χ0) is 10.8. The van der Waals surface area contributed by atoms with E-state index in [1.165, 1.54) is 31.6 Å². The average Bonchev–Trinajstić information content (AvgIpc) is 2.61. The highest BCUT2D eigenvalue weighted by molar-refractivity contribution is 5.85. The Kier molecular flexibility index (Phi) is 2.41. The van der Waals surface area contributed by atoms with Gasteiger partial charge in [-0.25, -0.2) is 4.39 Å². The van der Waals surface area contributed by atoms with Crippen LogP contribution in [0.4, 0.5) is 4.39 Å². The largest absolute Gasteiger partial charge is 0.469 e. The molecule has 1 aromatic carbocycles. The molecule has 2 aromatic rings. The third-order valence-corrected chi connectivity index (χ3v) is 2.18. The molecule has 0 N–H and O–H groups in total. The smallest absolute Gasteiger partial charge is 0.310 e. The van der Waals surface area contributed by atoms with Crippen LogP contribution in [0.3, 0.4) is 0 Å². The van der Waals surface area contributed by atoms with Crippen molar-refractivity contribution in [1.82, 2.24) is 0 Å². The van der Waals surface area contributed by atoms with Gasteiger partial charge in [0.25, 0.3) is 0 Å². The van der Waals surface area contributed by atoms with Gasteiger partial charge in [-0.2, -0.15) is 0 Å². The van der Waals surface area contributed by atoms with Gasteiger partial charge in [-0.15, -0.1) is 0 Å². The summed E-state index contributed by atoms with van der Waals surface area (Å²) in [6.45, 7) is 0. The lowest BCUT2D eigenvalue weighted by atomic mass is 10.1. The van der Waals surface area contributed by atoms with Crippen LogP contribution in [0.15, 0.2) is 28.9 Å². The summed E-state index contributed by atoms with van der Waals surface area (Å²) in [6.07, 6.45) is 1.54. The molecule has 0 aliphatic rings. The van der Waals surface area contributed by atoms with E-state index in [1.807, 2.05) is 0 Å². The van der Waals surface area contributed by atoms with Crippen molar-refractivity contribution in [3.63, 3.8) is 0 Å². The van der Waals surface area contributed by atoms with Crippen molar-refractivity contribution >= 4 is 16.9 Å². The molecule has 0 atom stereocenters. The maximum atomic E-state index is 13.0. The maximum absolute atomic E-state index is 13.0. The monoisotopic (exact) mass is 208 g/mol. The van der Waals surface area contributed by atoms with Crippen molar-refractivity contribution in [1.29, 1.82) is 0 Å². The Morgan fingerprint density at radius 1 is 1.53 bits per heavy atom. The number of fused-ring (bicyclic) bond motifs is 1. The van der Waals surface area contributed by atoms with E-state index >= 15 is 0 Å². The molecule has 78 valence electrons. The van der Waals surface area contributed by atoms with Crippen LogP contribution in [0.25, 0.3) is 11.0 Å². The van der Waals surface area contributed by atoms with Crippen molar-refractivity contribution in [3.05, 3.63) is 35.8 Å². The molecular formula is C11H9FO3. The molecule has 2 rings (SSSR count). The van der Waals surface area contributed by atoms with Crippen molar-refractivity contribution < 1.29 is 18.3 Å². The number of methoxy groups -OCH3 is 1. The van der Waals surface area contributed by atoms with Gasteiger partial charge in [-0.3, -0.25) is 4.79 Å². The molecule has 0 unspecified atom stereocenters. The summed E-state index contributed by atoms with van der Waals surface area (Å²) < 4.78 is 22.7. The fraction of sp³-hybridized carbons (Fsp3) is 0.182. The minimum Gasteiger partial charge on any atom is -0.469 e. The summed E-state index contributed by atoms with van der Waals surface area (Å²) in [5.74, 6) is -0.725. The standard InChI is InChI=1S/C11H9FO3/c1-14-11(13)4-7-6-15-10-3-2-8(12)5-9(7)10/h2-3,5-6H,4H2,1H3. The Bertz CT molecular complexity index is 502. The lowest BCUT2D eigenvalue weighted by Crippen LogP contribution is -2.03. The third kappa shape index (κ3) is 1.83. The van der Waals surface area contributed by atoms with E-state index in [0.29, 0.717) is 16.5 Å². The zero-order valence-electron chi connectivity index (χ0n) is 8.12. The highest BCUT2D eigenvalue weighted by Gasteiger charge is 2.10. The lowest BCUT2D eigenvalue weighted by molar-refractivity contribution is -0.139. The SMILES string of the molecule is COC(=O)Cc1coc2ccc(F)cc12. The average molecular weight is 208 g/mol. The van der Waals surface area contributed by atoms with E-state index < -0.39 is 0 Å². The molecule has 0 spiro atoms. The molecule has 0 aliphatic carbocycles. The predicted molar refractivity (Wildman–Crippen MR) is 51.9 cm³/mol. The number of carbonyl (C=O) groups is 1. The van der Waals surface area contributed by atoms with Gasteiger partial charge in [0.15, 0.2) is 0 Å². The van der Waals surface area contributed by atoms with Gasteiger partial charge in [-0.05, 0) is 18.2 Å². The zero-order valence-corrected chi connectivity index (χ0v) is 8.12. The predicted octanol–water partition coefficient (Wildman–Crippen LogP) is 2.29. The van der Waals surface area contributed by atoms with Crippen LogP contribution in [-0.2, 0) is 16.0 Å². The van der Waals surface area contributed by atoms with Crippen molar-refractivity contribution in [3.8, 4) is 0 Å². The number of ether oxygens (including phenoxy) is 1. The first kappa shape index (κ1) is 9.71. The second-order valence-electron chi connectivity index (χ2n) is 3.15. The lowest BCUT2D eigenvalue weighted by Gasteiger charge is -1.96. The molecule has 0 amide bonds. The van der Waals surface area contributed by atoms with Crippen LogP contribution in [0.2, 0.25) is 0 Å². The maximum Gasteiger partial charge on any atom is 0.310 e. The molecule has 15 heavy (non-hydrogen) atoms. The van der Waals surface area contributed by atoms with Gasteiger partial charge >= 0.3 is 5.97 Å². The number of hydrogen-bond donors (Lipinski definition) is 0. The van der Waals surface area contributed by atoms with Crippen molar-refractivity contribution in [2.24, 2.45) is 0 Å². The number of esters is 1. The second kappa shape index (κ2) is 3.73. The van der Waals surface area contributed by atoms with Crippen molar-refractivity contribution in [2.45, 2.75) is 6.42 Å². The van der Waals surface area contributed by atoms with E-state index in [-0.39, 0.29) is 18.2 Å². The highest BCUT2D eigenvalue weighted by atomic mass is 19.1. The summed E-state index contributed by atoms with van der Waals surface area (Å²) in [5.41, 5.74) is 1.20. The topological polar surface area (TPSA) is 39.4 Å². The summed E-state index contributed by atoms with van der Waals surface area (Å²) in [5, 5.41) is 0.611. The van der Waals surface area contributed by atoms with E-state index in [9.17, 15) is 9.18 Å². The Hall–Kier alpha value is -1.84. The molecule has 0 radical (unpaired) electrons. The van der Waals surface area contributed by atoms with Gasteiger partial charge < -0.3 is 9.15 Å². The fourth-order valence-corrected chi connectivity index (χ4v) is 1.42. The summed E-state index contributed by atoms with van der Waals surface area (Å²) in [6, 6.07) is 4.19. The molecule has 3 nitrogen and oxygen atoms in total. The van der Waals surface area contributed by atoms with Gasteiger partial charge in [0.05, 0.1) is 19.8 Å². The first-order valence-electron chi connectivity index (χ1n) is 4.43. The number of furan rings is 1. The van der Waals surface area contributed by atoms with Crippen molar-refractivity contribution in [2.75, 3.05) is 7.11 Å². The van der Waals surface area contributed by atoms with E-state index in [1.54, 1.807) is 0 Å². The molecule has 0 bridgehead atoms. The fourth-order valence-electron chi connectivity index (χ4n) is 1.42. The van der Waals surface area contributed by atoms with Crippen LogP contribution < -0.4 is 0 Å². The summed E-state index contributed by atoms with van der Waals surface area (Å²) in [7, 11) is 1.31. The molecule has 1 heterocycles. The minimum atomic E-state index is -0.373.